The normalized spacial score (nSPS) is 17.0. The van der Waals surface area contributed by atoms with Crippen molar-refractivity contribution < 1.29 is 42.8 Å². The first-order valence-electron chi connectivity index (χ1n) is 11.1. The van der Waals surface area contributed by atoms with Gasteiger partial charge in [-0.05, 0) is 62.1 Å². The lowest BCUT2D eigenvalue weighted by molar-refractivity contribution is -0.145. The Bertz CT molecular complexity index is 1040. The molecule has 2 aromatic rings. The number of carbonyl (C=O) groups is 3. The average molecular weight is 485 g/mol. The zero-order valence-electron chi connectivity index (χ0n) is 19.7. The standard InChI is InChI=1S/C26H28O9/c1-4-24(27)33-16-32-19-9-11-20(12-10-19)34-25(28)17-5-7-18(8-6-17)26(29)35-21-13-14-22(30-2)23(15-21)31-3/h4,9-15,17-18H,1,5-8,16H2,2-3H3. The fourth-order valence-electron chi connectivity index (χ4n) is 3.66. The minimum atomic E-state index is -0.584. The predicted molar refractivity (Wildman–Crippen MR) is 124 cm³/mol. The second-order valence-electron chi connectivity index (χ2n) is 7.81. The zero-order chi connectivity index (χ0) is 25.2. The van der Waals surface area contributed by atoms with Crippen molar-refractivity contribution >= 4 is 17.9 Å². The van der Waals surface area contributed by atoms with Gasteiger partial charge >= 0.3 is 17.9 Å². The molecule has 0 aromatic heterocycles. The first-order valence-corrected chi connectivity index (χ1v) is 11.1. The van der Waals surface area contributed by atoms with E-state index in [1.165, 1.54) is 14.2 Å². The minimum Gasteiger partial charge on any atom is -0.493 e. The van der Waals surface area contributed by atoms with Crippen molar-refractivity contribution in [2.24, 2.45) is 11.8 Å². The highest BCUT2D eigenvalue weighted by molar-refractivity contribution is 5.81. The summed E-state index contributed by atoms with van der Waals surface area (Å²) < 4.78 is 31.4. The Morgan fingerprint density at radius 1 is 0.800 bits per heavy atom. The highest BCUT2D eigenvalue weighted by atomic mass is 16.7. The summed E-state index contributed by atoms with van der Waals surface area (Å²) in [5, 5.41) is 0. The quantitative estimate of drug-likeness (QED) is 0.213. The third-order valence-corrected chi connectivity index (χ3v) is 5.60. The van der Waals surface area contributed by atoms with E-state index in [2.05, 4.69) is 6.58 Å². The van der Waals surface area contributed by atoms with Gasteiger partial charge in [0, 0.05) is 12.1 Å². The van der Waals surface area contributed by atoms with Gasteiger partial charge in [-0.1, -0.05) is 6.58 Å². The fraction of sp³-hybridized carbons (Fsp3) is 0.346. The molecule has 0 heterocycles. The molecule has 35 heavy (non-hydrogen) atoms. The van der Waals surface area contributed by atoms with Crippen molar-refractivity contribution in [2.45, 2.75) is 25.7 Å². The lowest BCUT2D eigenvalue weighted by Gasteiger charge is -2.25. The Labute approximate surface area is 203 Å². The second-order valence-corrected chi connectivity index (χ2v) is 7.81. The smallest absolute Gasteiger partial charge is 0.333 e. The molecule has 0 bridgehead atoms. The minimum absolute atomic E-state index is 0.248. The summed E-state index contributed by atoms with van der Waals surface area (Å²) in [7, 11) is 3.04. The highest BCUT2D eigenvalue weighted by Crippen LogP contribution is 2.34. The molecule has 0 radical (unpaired) electrons. The lowest BCUT2D eigenvalue weighted by Crippen LogP contribution is -2.30. The second kappa shape index (κ2) is 12.5. The molecular weight excluding hydrogens is 456 g/mol. The van der Waals surface area contributed by atoms with Crippen LogP contribution in [-0.4, -0.2) is 38.9 Å². The van der Waals surface area contributed by atoms with Crippen molar-refractivity contribution in [3.8, 4) is 28.7 Å². The number of benzene rings is 2. The van der Waals surface area contributed by atoms with Crippen molar-refractivity contribution in [3.05, 3.63) is 55.1 Å². The summed E-state index contributed by atoms with van der Waals surface area (Å²) >= 11 is 0. The maximum Gasteiger partial charge on any atom is 0.333 e. The van der Waals surface area contributed by atoms with Gasteiger partial charge in [-0.15, -0.1) is 0 Å². The van der Waals surface area contributed by atoms with E-state index in [1.54, 1.807) is 42.5 Å². The molecule has 0 saturated heterocycles. The number of esters is 3. The van der Waals surface area contributed by atoms with Crippen LogP contribution in [0.5, 0.6) is 28.7 Å². The molecule has 0 unspecified atom stereocenters. The van der Waals surface area contributed by atoms with Crippen LogP contribution in [0.2, 0.25) is 0 Å². The van der Waals surface area contributed by atoms with Crippen LogP contribution in [0.1, 0.15) is 25.7 Å². The van der Waals surface area contributed by atoms with E-state index in [0.29, 0.717) is 54.4 Å². The third kappa shape index (κ3) is 7.23. The Morgan fingerprint density at radius 2 is 1.31 bits per heavy atom. The van der Waals surface area contributed by atoms with Gasteiger partial charge in [0.05, 0.1) is 26.1 Å². The van der Waals surface area contributed by atoms with Gasteiger partial charge in [-0.3, -0.25) is 9.59 Å². The van der Waals surface area contributed by atoms with Crippen LogP contribution in [0.4, 0.5) is 0 Å². The molecule has 9 nitrogen and oxygen atoms in total. The Kier molecular flexibility index (Phi) is 9.11. The molecule has 0 amide bonds. The van der Waals surface area contributed by atoms with E-state index in [-0.39, 0.29) is 30.6 Å². The van der Waals surface area contributed by atoms with Gasteiger partial charge in [0.15, 0.2) is 11.5 Å². The van der Waals surface area contributed by atoms with Crippen LogP contribution >= 0.6 is 0 Å². The number of carbonyl (C=O) groups excluding carboxylic acids is 3. The molecule has 3 rings (SSSR count). The van der Waals surface area contributed by atoms with Gasteiger partial charge in [-0.2, -0.15) is 0 Å². The molecule has 9 heteroatoms. The summed E-state index contributed by atoms with van der Waals surface area (Å²) in [6, 6.07) is 11.3. The molecular formula is C26H28O9. The SMILES string of the molecule is C=CC(=O)OCOc1ccc(OC(=O)C2CCC(C(=O)Oc3ccc(OC)c(OC)c3)CC2)cc1. The van der Waals surface area contributed by atoms with Gasteiger partial charge in [0.25, 0.3) is 0 Å². The maximum absolute atomic E-state index is 12.6. The Balaban J connectivity index is 1.44. The van der Waals surface area contributed by atoms with Gasteiger partial charge in [-0.25, -0.2) is 4.79 Å². The summed E-state index contributed by atoms with van der Waals surface area (Å²) in [4.78, 5) is 36.2. The van der Waals surface area contributed by atoms with E-state index in [9.17, 15) is 14.4 Å². The largest absolute Gasteiger partial charge is 0.493 e. The Hall–Kier alpha value is -4.01. The van der Waals surface area contributed by atoms with Crippen LogP contribution in [0.25, 0.3) is 0 Å². The van der Waals surface area contributed by atoms with Gasteiger partial charge in [0.2, 0.25) is 6.79 Å². The number of hydrogen-bond acceptors (Lipinski definition) is 9. The fourth-order valence-corrected chi connectivity index (χ4v) is 3.66. The van der Waals surface area contributed by atoms with Crippen molar-refractivity contribution in [1.29, 1.82) is 0 Å². The van der Waals surface area contributed by atoms with E-state index in [0.717, 1.165) is 6.08 Å². The summed E-state index contributed by atoms with van der Waals surface area (Å²) in [6.45, 7) is 3.05. The van der Waals surface area contributed by atoms with Crippen LogP contribution in [0.3, 0.4) is 0 Å². The molecule has 0 atom stereocenters. The molecule has 1 saturated carbocycles. The molecule has 0 aliphatic heterocycles. The van der Waals surface area contributed by atoms with Gasteiger partial charge in [0.1, 0.15) is 17.2 Å². The van der Waals surface area contributed by atoms with E-state index >= 15 is 0 Å². The molecule has 2 aromatic carbocycles. The van der Waals surface area contributed by atoms with Crippen molar-refractivity contribution in [3.63, 3.8) is 0 Å². The van der Waals surface area contributed by atoms with Crippen molar-refractivity contribution in [2.75, 3.05) is 21.0 Å². The maximum atomic E-state index is 12.6. The van der Waals surface area contributed by atoms with Crippen molar-refractivity contribution in [1.82, 2.24) is 0 Å². The lowest BCUT2D eigenvalue weighted by atomic mass is 9.82. The molecule has 1 aliphatic rings. The molecule has 1 fully saturated rings. The number of methoxy groups -OCH3 is 2. The number of ether oxygens (including phenoxy) is 6. The van der Waals surface area contributed by atoms with Crippen LogP contribution in [0.15, 0.2) is 55.1 Å². The van der Waals surface area contributed by atoms with Crippen LogP contribution in [0, 0.1) is 11.8 Å². The average Bonchev–Trinajstić information content (AvgIpc) is 2.89. The van der Waals surface area contributed by atoms with Gasteiger partial charge < -0.3 is 28.4 Å². The summed E-state index contributed by atoms with van der Waals surface area (Å²) in [5.41, 5.74) is 0. The summed E-state index contributed by atoms with van der Waals surface area (Å²) in [6.07, 6.45) is 3.16. The van der Waals surface area contributed by atoms with E-state index in [1.807, 2.05) is 0 Å². The molecule has 0 spiro atoms. The number of hydrogen-bond donors (Lipinski definition) is 0. The van der Waals surface area contributed by atoms with Crippen LogP contribution in [-0.2, 0) is 19.1 Å². The predicted octanol–water partition coefficient (Wildman–Crippen LogP) is 4.09. The van der Waals surface area contributed by atoms with Crippen LogP contribution < -0.4 is 23.7 Å². The molecule has 0 N–H and O–H groups in total. The molecule has 186 valence electrons. The Morgan fingerprint density at radius 3 is 1.86 bits per heavy atom. The van der Waals surface area contributed by atoms with E-state index in [4.69, 9.17) is 28.4 Å². The third-order valence-electron chi connectivity index (χ3n) is 5.60. The first kappa shape index (κ1) is 25.6. The first-order chi connectivity index (χ1) is 16.9. The monoisotopic (exact) mass is 484 g/mol. The topological polar surface area (TPSA) is 107 Å². The highest BCUT2D eigenvalue weighted by Gasteiger charge is 2.32. The number of rotatable bonds is 10. The summed E-state index contributed by atoms with van der Waals surface area (Å²) in [5.74, 6) is 0.370. The van der Waals surface area contributed by atoms with E-state index < -0.39 is 5.97 Å². The zero-order valence-corrected chi connectivity index (χ0v) is 19.7. The molecule has 1 aliphatic carbocycles.